The average molecular weight is 406 g/mol. The van der Waals surface area contributed by atoms with Crippen molar-refractivity contribution in [3.63, 3.8) is 0 Å². The van der Waals surface area contributed by atoms with Crippen LogP contribution in [0.3, 0.4) is 0 Å². The van der Waals surface area contributed by atoms with E-state index < -0.39 is 0 Å². The number of piperidine rings is 1. The molecule has 2 aromatic carbocycles. The van der Waals surface area contributed by atoms with E-state index in [-0.39, 0.29) is 23.7 Å². The highest BCUT2D eigenvalue weighted by Crippen LogP contribution is 2.33. The van der Waals surface area contributed by atoms with E-state index in [0.717, 1.165) is 29.8 Å². The van der Waals surface area contributed by atoms with Gasteiger partial charge < -0.3 is 15.4 Å². The number of hydrogen-bond donors (Lipinski definition) is 2. The Labute approximate surface area is 174 Å². The van der Waals surface area contributed by atoms with Crippen LogP contribution >= 0.6 is 0 Å². The maximum absolute atomic E-state index is 13.7. The van der Waals surface area contributed by atoms with E-state index in [1.165, 1.54) is 6.07 Å². The third-order valence-electron chi connectivity index (χ3n) is 5.87. The standard InChI is InChI=1S/C23H23FN4O2/c24-17-3-1-2-15(12-17)18-6-8-25-14-20(18)27-23(29)16-4-5-19-21-7-9-26-28(21)10-11-30-22(19)13-16/h1-5,7,9,12-13,18,20,25H,6,8,10-11,14H2,(H,27,29)/t18-,20+/m0/s1. The molecule has 1 amide bonds. The second-order valence-electron chi connectivity index (χ2n) is 7.73. The average Bonchev–Trinajstić information content (AvgIpc) is 3.15. The van der Waals surface area contributed by atoms with E-state index in [0.29, 0.717) is 31.0 Å². The molecule has 1 aromatic heterocycles. The first-order valence-corrected chi connectivity index (χ1v) is 10.2. The number of aromatic nitrogens is 2. The van der Waals surface area contributed by atoms with Gasteiger partial charge >= 0.3 is 0 Å². The molecule has 0 unspecified atom stereocenters. The zero-order valence-electron chi connectivity index (χ0n) is 16.5. The lowest BCUT2D eigenvalue weighted by Gasteiger charge is -2.33. The molecule has 0 aliphatic carbocycles. The van der Waals surface area contributed by atoms with Crippen LogP contribution in [0, 0.1) is 5.82 Å². The molecule has 6 nitrogen and oxygen atoms in total. The van der Waals surface area contributed by atoms with Gasteiger partial charge in [-0.05, 0) is 54.9 Å². The number of carbonyl (C=O) groups excluding carboxylic acids is 1. The van der Waals surface area contributed by atoms with Crippen molar-refractivity contribution in [1.29, 1.82) is 0 Å². The van der Waals surface area contributed by atoms with Gasteiger partial charge in [-0.15, -0.1) is 0 Å². The fraction of sp³-hybridized carbons (Fsp3) is 0.304. The zero-order valence-corrected chi connectivity index (χ0v) is 16.5. The summed E-state index contributed by atoms with van der Waals surface area (Å²) in [5.74, 6) is 0.343. The summed E-state index contributed by atoms with van der Waals surface area (Å²) in [5, 5.41) is 10.8. The van der Waals surface area contributed by atoms with Crippen LogP contribution in [0.5, 0.6) is 5.75 Å². The van der Waals surface area contributed by atoms with E-state index in [1.807, 2.05) is 28.9 Å². The van der Waals surface area contributed by atoms with Crippen LogP contribution in [0.4, 0.5) is 4.39 Å². The molecule has 0 spiro atoms. The highest BCUT2D eigenvalue weighted by Gasteiger charge is 2.28. The summed E-state index contributed by atoms with van der Waals surface area (Å²) in [7, 11) is 0. The van der Waals surface area contributed by atoms with Crippen LogP contribution in [0.15, 0.2) is 54.7 Å². The lowest BCUT2D eigenvalue weighted by atomic mass is 9.86. The first-order valence-electron chi connectivity index (χ1n) is 10.2. The quantitative estimate of drug-likeness (QED) is 0.702. The number of ether oxygens (including phenoxy) is 1. The molecule has 2 aliphatic rings. The van der Waals surface area contributed by atoms with Gasteiger partial charge in [0.2, 0.25) is 0 Å². The van der Waals surface area contributed by atoms with Crippen LogP contribution in [0.2, 0.25) is 0 Å². The number of amides is 1. The smallest absolute Gasteiger partial charge is 0.251 e. The molecule has 1 saturated heterocycles. The first kappa shape index (κ1) is 18.8. The number of nitrogens with zero attached hydrogens (tertiary/aromatic N) is 2. The Balaban J connectivity index is 1.38. The number of hydrogen-bond acceptors (Lipinski definition) is 4. The van der Waals surface area contributed by atoms with Gasteiger partial charge in [-0.3, -0.25) is 9.48 Å². The SMILES string of the molecule is O=C(N[C@@H]1CNCC[C@H]1c1cccc(F)c1)c1ccc2c(c1)OCCn1nccc1-2. The molecule has 1 fully saturated rings. The summed E-state index contributed by atoms with van der Waals surface area (Å²) in [5.41, 5.74) is 3.38. The predicted molar refractivity (Wildman–Crippen MR) is 111 cm³/mol. The topological polar surface area (TPSA) is 68.2 Å². The van der Waals surface area contributed by atoms with Crippen molar-refractivity contribution in [3.8, 4) is 17.0 Å². The van der Waals surface area contributed by atoms with Gasteiger partial charge in [-0.25, -0.2) is 4.39 Å². The molecule has 2 atom stereocenters. The monoisotopic (exact) mass is 406 g/mol. The third-order valence-corrected chi connectivity index (χ3v) is 5.87. The van der Waals surface area contributed by atoms with Crippen molar-refractivity contribution >= 4 is 5.91 Å². The Morgan fingerprint density at radius 2 is 2.17 bits per heavy atom. The van der Waals surface area contributed by atoms with Gasteiger partial charge in [0, 0.05) is 35.8 Å². The number of carbonyl (C=O) groups is 1. The number of fused-ring (bicyclic) bond motifs is 3. The van der Waals surface area contributed by atoms with Gasteiger partial charge in [0.1, 0.15) is 18.2 Å². The largest absolute Gasteiger partial charge is 0.491 e. The molecule has 0 radical (unpaired) electrons. The Hall–Kier alpha value is -3.19. The molecular formula is C23H23FN4O2. The van der Waals surface area contributed by atoms with Crippen LogP contribution in [-0.4, -0.2) is 41.4 Å². The summed E-state index contributed by atoms with van der Waals surface area (Å²) >= 11 is 0. The minimum atomic E-state index is -0.252. The summed E-state index contributed by atoms with van der Waals surface area (Å²) in [6.45, 7) is 2.66. The van der Waals surface area contributed by atoms with Crippen LogP contribution in [-0.2, 0) is 6.54 Å². The molecule has 2 N–H and O–H groups in total. The van der Waals surface area contributed by atoms with Crippen LogP contribution in [0.1, 0.15) is 28.3 Å². The Morgan fingerprint density at radius 1 is 1.23 bits per heavy atom. The Kier molecular flexibility index (Phi) is 4.96. The summed E-state index contributed by atoms with van der Waals surface area (Å²) < 4.78 is 21.5. The van der Waals surface area contributed by atoms with Gasteiger partial charge in [0.15, 0.2) is 0 Å². The second-order valence-corrected chi connectivity index (χ2v) is 7.73. The molecule has 0 saturated carbocycles. The minimum absolute atomic E-state index is 0.0670. The Morgan fingerprint density at radius 3 is 3.07 bits per heavy atom. The number of rotatable bonds is 3. The summed E-state index contributed by atoms with van der Waals surface area (Å²) in [6.07, 6.45) is 2.61. The van der Waals surface area contributed by atoms with Crippen molar-refractivity contribution in [3.05, 3.63) is 71.7 Å². The number of nitrogens with one attached hydrogen (secondary N) is 2. The molecule has 7 heteroatoms. The van der Waals surface area contributed by atoms with E-state index in [1.54, 1.807) is 24.4 Å². The van der Waals surface area contributed by atoms with Gasteiger partial charge in [-0.1, -0.05) is 12.1 Å². The lowest BCUT2D eigenvalue weighted by Crippen LogP contribution is -2.50. The first-order chi connectivity index (χ1) is 14.7. The Bertz CT molecular complexity index is 1080. The van der Waals surface area contributed by atoms with Crippen LogP contribution in [0.25, 0.3) is 11.3 Å². The molecule has 154 valence electrons. The maximum atomic E-state index is 13.7. The van der Waals surface area contributed by atoms with E-state index in [2.05, 4.69) is 15.7 Å². The molecule has 0 bridgehead atoms. The molecule has 3 aromatic rings. The summed E-state index contributed by atoms with van der Waals surface area (Å²) in [4.78, 5) is 13.0. The highest BCUT2D eigenvalue weighted by molar-refractivity contribution is 5.95. The molecule has 5 rings (SSSR count). The van der Waals surface area contributed by atoms with E-state index in [4.69, 9.17) is 4.74 Å². The van der Waals surface area contributed by atoms with Crippen molar-refractivity contribution in [1.82, 2.24) is 20.4 Å². The number of halogens is 1. The van der Waals surface area contributed by atoms with E-state index in [9.17, 15) is 9.18 Å². The fourth-order valence-electron chi connectivity index (χ4n) is 4.37. The molecule has 3 heterocycles. The van der Waals surface area contributed by atoms with Gasteiger partial charge in [0.25, 0.3) is 5.91 Å². The van der Waals surface area contributed by atoms with Crippen molar-refractivity contribution in [2.75, 3.05) is 19.7 Å². The van der Waals surface area contributed by atoms with Crippen molar-refractivity contribution < 1.29 is 13.9 Å². The molecule has 30 heavy (non-hydrogen) atoms. The zero-order chi connectivity index (χ0) is 20.5. The summed E-state index contributed by atoms with van der Waals surface area (Å²) in [6, 6.07) is 14.0. The third kappa shape index (κ3) is 3.57. The van der Waals surface area contributed by atoms with Crippen molar-refractivity contribution in [2.45, 2.75) is 24.9 Å². The highest BCUT2D eigenvalue weighted by atomic mass is 19.1. The lowest BCUT2D eigenvalue weighted by molar-refractivity contribution is 0.0924. The fourth-order valence-corrected chi connectivity index (χ4v) is 4.37. The second kappa shape index (κ2) is 7.91. The normalized spacial score (nSPS) is 20.4. The number of benzene rings is 2. The maximum Gasteiger partial charge on any atom is 0.251 e. The van der Waals surface area contributed by atoms with Crippen LogP contribution < -0.4 is 15.4 Å². The van der Waals surface area contributed by atoms with Gasteiger partial charge in [-0.2, -0.15) is 5.10 Å². The van der Waals surface area contributed by atoms with E-state index >= 15 is 0 Å². The van der Waals surface area contributed by atoms with Crippen molar-refractivity contribution in [2.24, 2.45) is 0 Å². The minimum Gasteiger partial charge on any atom is -0.491 e. The molecule has 2 aliphatic heterocycles. The molecular weight excluding hydrogens is 383 g/mol. The predicted octanol–water partition coefficient (Wildman–Crippen LogP) is 2.96. The van der Waals surface area contributed by atoms with Gasteiger partial charge in [0.05, 0.1) is 12.2 Å².